The summed E-state index contributed by atoms with van der Waals surface area (Å²) in [6.45, 7) is 0.712. The highest BCUT2D eigenvalue weighted by molar-refractivity contribution is 7.10. The van der Waals surface area contributed by atoms with Crippen LogP contribution in [-0.2, 0) is 6.42 Å². The average Bonchev–Trinajstić information content (AvgIpc) is 2.86. The summed E-state index contributed by atoms with van der Waals surface area (Å²) in [5, 5.41) is 2.01. The van der Waals surface area contributed by atoms with Gasteiger partial charge in [-0.25, -0.2) is 0 Å². The van der Waals surface area contributed by atoms with Crippen LogP contribution in [0.4, 0.5) is 13.2 Å². The Morgan fingerprint density at radius 1 is 1.10 bits per heavy atom. The van der Waals surface area contributed by atoms with Crippen LogP contribution in [0.25, 0.3) is 0 Å². The zero-order chi connectivity index (χ0) is 14.2. The van der Waals surface area contributed by atoms with Gasteiger partial charge < -0.3 is 4.74 Å². The van der Waals surface area contributed by atoms with E-state index in [0.29, 0.717) is 6.54 Å². The van der Waals surface area contributed by atoms with E-state index in [-0.39, 0.29) is 5.75 Å². The van der Waals surface area contributed by atoms with E-state index in [9.17, 15) is 13.2 Å². The van der Waals surface area contributed by atoms with Crippen LogP contribution in [0.3, 0.4) is 0 Å². The fourth-order valence-electron chi connectivity index (χ4n) is 2.16. The number of nitrogens with zero attached hydrogens (tertiary/aromatic N) is 1. The molecule has 104 valence electrons. The number of fused-ring (bicyclic) bond motifs is 1. The molecule has 0 radical (unpaired) electrons. The first-order chi connectivity index (χ1) is 9.53. The molecule has 0 amide bonds. The molecule has 0 atom stereocenters. The number of rotatable bonds is 2. The van der Waals surface area contributed by atoms with Crippen molar-refractivity contribution in [1.29, 1.82) is 0 Å². The molecular weight excluding hydrogens is 287 g/mol. The molecule has 1 aromatic heterocycles. The van der Waals surface area contributed by atoms with Gasteiger partial charge >= 0.3 is 6.36 Å². The molecule has 2 aromatic rings. The van der Waals surface area contributed by atoms with Gasteiger partial charge in [-0.3, -0.25) is 4.99 Å². The molecule has 3 rings (SSSR count). The monoisotopic (exact) mass is 297 g/mol. The maximum atomic E-state index is 12.1. The number of halogens is 3. The van der Waals surface area contributed by atoms with Gasteiger partial charge in [-0.05, 0) is 35.7 Å². The van der Waals surface area contributed by atoms with E-state index in [1.807, 2.05) is 11.4 Å². The van der Waals surface area contributed by atoms with Crippen molar-refractivity contribution in [2.75, 3.05) is 6.54 Å². The average molecular weight is 297 g/mol. The number of aliphatic imine (C=N–C) groups is 1. The lowest BCUT2D eigenvalue weighted by Gasteiger charge is -2.14. The normalized spacial score (nSPS) is 14.7. The molecule has 0 aliphatic carbocycles. The van der Waals surface area contributed by atoms with Crippen LogP contribution >= 0.6 is 11.3 Å². The zero-order valence-electron chi connectivity index (χ0n) is 10.3. The van der Waals surface area contributed by atoms with Crippen LogP contribution < -0.4 is 4.74 Å². The van der Waals surface area contributed by atoms with E-state index in [1.54, 1.807) is 23.5 Å². The third-order valence-electron chi connectivity index (χ3n) is 2.97. The molecule has 2 nitrogen and oxygen atoms in total. The lowest BCUT2D eigenvalue weighted by atomic mass is 10.00. The van der Waals surface area contributed by atoms with Gasteiger partial charge in [-0.15, -0.1) is 24.5 Å². The summed E-state index contributed by atoms with van der Waals surface area (Å²) in [5.41, 5.74) is 2.72. The topological polar surface area (TPSA) is 21.6 Å². The first-order valence-electron chi connectivity index (χ1n) is 6.00. The van der Waals surface area contributed by atoms with Gasteiger partial charge in [-0.1, -0.05) is 0 Å². The van der Waals surface area contributed by atoms with Crippen molar-refractivity contribution in [3.8, 4) is 5.75 Å². The Bertz CT molecular complexity index is 643. The largest absolute Gasteiger partial charge is 0.573 e. The summed E-state index contributed by atoms with van der Waals surface area (Å²) in [7, 11) is 0. The van der Waals surface area contributed by atoms with Gasteiger partial charge in [0.15, 0.2) is 0 Å². The summed E-state index contributed by atoms with van der Waals surface area (Å²) in [6.07, 6.45) is -3.74. The molecule has 1 aliphatic heterocycles. The van der Waals surface area contributed by atoms with Gasteiger partial charge in [0.2, 0.25) is 0 Å². The van der Waals surface area contributed by atoms with E-state index in [2.05, 4.69) is 9.73 Å². The standard InChI is InChI=1S/C14H10F3NOS/c15-14(16,17)19-10-3-1-9(2-4-10)13-11-6-8-20-12(11)5-7-18-13/h1-4,6,8H,5,7H2. The SMILES string of the molecule is FC(F)(F)Oc1ccc(C2=NCCc3sccc32)cc1. The van der Waals surface area contributed by atoms with Crippen LogP contribution in [0, 0.1) is 0 Å². The van der Waals surface area contributed by atoms with Crippen molar-refractivity contribution in [2.45, 2.75) is 12.8 Å². The maximum absolute atomic E-state index is 12.1. The minimum Gasteiger partial charge on any atom is -0.406 e. The molecule has 20 heavy (non-hydrogen) atoms. The second-order valence-electron chi connectivity index (χ2n) is 4.31. The van der Waals surface area contributed by atoms with Crippen LogP contribution in [0.5, 0.6) is 5.75 Å². The zero-order valence-corrected chi connectivity index (χ0v) is 11.1. The number of benzene rings is 1. The summed E-state index contributed by atoms with van der Waals surface area (Å²) in [4.78, 5) is 5.75. The smallest absolute Gasteiger partial charge is 0.406 e. The van der Waals surface area contributed by atoms with Crippen LogP contribution in [0.15, 0.2) is 40.7 Å². The maximum Gasteiger partial charge on any atom is 0.573 e. The molecule has 0 N–H and O–H groups in total. The molecule has 0 fully saturated rings. The minimum absolute atomic E-state index is 0.219. The molecule has 2 heterocycles. The van der Waals surface area contributed by atoms with Crippen molar-refractivity contribution in [3.63, 3.8) is 0 Å². The van der Waals surface area contributed by atoms with E-state index in [0.717, 1.165) is 23.3 Å². The predicted octanol–water partition coefficient (Wildman–Crippen LogP) is 4.04. The first kappa shape index (κ1) is 13.2. The molecule has 0 saturated heterocycles. The lowest BCUT2D eigenvalue weighted by Crippen LogP contribution is -2.17. The first-order valence-corrected chi connectivity index (χ1v) is 6.88. The highest BCUT2D eigenvalue weighted by Gasteiger charge is 2.31. The highest BCUT2D eigenvalue weighted by Crippen LogP contribution is 2.27. The van der Waals surface area contributed by atoms with E-state index < -0.39 is 6.36 Å². The van der Waals surface area contributed by atoms with E-state index in [4.69, 9.17) is 0 Å². The van der Waals surface area contributed by atoms with Crippen molar-refractivity contribution in [3.05, 3.63) is 51.7 Å². The summed E-state index contributed by atoms with van der Waals surface area (Å²) >= 11 is 1.68. The lowest BCUT2D eigenvalue weighted by molar-refractivity contribution is -0.274. The highest BCUT2D eigenvalue weighted by atomic mass is 32.1. The third kappa shape index (κ3) is 2.70. The molecule has 1 aromatic carbocycles. The Morgan fingerprint density at radius 2 is 1.85 bits per heavy atom. The Balaban J connectivity index is 1.87. The fraction of sp³-hybridized carbons (Fsp3) is 0.214. The Kier molecular flexibility index (Phi) is 3.25. The fourth-order valence-corrected chi connectivity index (χ4v) is 3.03. The number of ether oxygens (including phenoxy) is 1. The van der Waals surface area contributed by atoms with Gasteiger partial charge in [0.1, 0.15) is 5.75 Å². The summed E-state index contributed by atoms with van der Waals surface area (Å²) in [5.74, 6) is -0.219. The number of hydrogen-bond acceptors (Lipinski definition) is 3. The molecule has 0 spiro atoms. The Labute approximate surface area is 117 Å². The molecule has 6 heteroatoms. The quantitative estimate of drug-likeness (QED) is 0.820. The van der Waals surface area contributed by atoms with Crippen molar-refractivity contribution < 1.29 is 17.9 Å². The van der Waals surface area contributed by atoms with Crippen molar-refractivity contribution in [1.82, 2.24) is 0 Å². The van der Waals surface area contributed by atoms with Crippen molar-refractivity contribution >= 4 is 17.0 Å². The van der Waals surface area contributed by atoms with Crippen LogP contribution in [0.1, 0.15) is 16.0 Å². The summed E-state index contributed by atoms with van der Waals surface area (Å²) in [6, 6.07) is 7.83. The summed E-state index contributed by atoms with van der Waals surface area (Å²) < 4.78 is 40.2. The predicted molar refractivity (Wildman–Crippen MR) is 71.7 cm³/mol. The molecule has 0 bridgehead atoms. The number of alkyl halides is 3. The van der Waals surface area contributed by atoms with Crippen LogP contribution in [0.2, 0.25) is 0 Å². The van der Waals surface area contributed by atoms with Gasteiger partial charge in [-0.2, -0.15) is 0 Å². The molecule has 0 unspecified atom stereocenters. The van der Waals surface area contributed by atoms with Crippen LogP contribution in [-0.4, -0.2) is 18.6 Å². The second kappa shape index (κ2) is 4.94. The van der Waals surface area contributed by atoms with E-state index in [1.165, 1.54) is 17.0 Å². The Hall–Kier alpha value is -1.82. The van der Waals surface area contributed by atoms with Gasteiger partial charge in [0.05, 0.1) is 5.71 Å². The van der Waals surface area contributed by atoms with E-state index >= 15 is 0 Å². The molecule has 0 saturated carbocycles. The van der Waals surface area contributed by atoms with Crippen molar-refractivity contribution in [2.24, 2.45) is 4.99 Å². The Morgan fingerprint density at radius 3 is 2.55 bits per heavy atom. The second-order valence-corrected chi connectivity index (χ2v) is 5.31. The minimum atomic E-state index is -4.66. The van der Waals surface area contributed by atoms with Gasteiger partial charge in [0.25, 0.3) is 0 Å². The van der Waals surface area contributed by atoms with Gasteiger partial charge in [0, 0.05) is 29.0 Å². The third-order valence-corrected chi connectivity index (χ3v) is 3.95. The molecular formula is C14H10F3NOS. The molecule has 1 aliphatic rings. The number of thiophene rings is 1. The number of hydrogen-bond donors (Lipinski definition) is 0.